The molecule has 4 heteroatoms. The van der Waals surface area contributed by atoms with Crippen LogP contribution >= 0.6 is 0 Å². The molecule has 1 atom stereocenters. The number of fused-ring (bicyclic) bond motifs is 1. The number of aryl methyl sites for hydroxylation is 2. The molecule has 1 aromatic carbocycles. The third kappa shape index (κ3) is 3.31. The summed E-state index contributed by atoms with van der Waals surface area (Å²) in [4.78, 5) is 15.2. The molecule has 23 heavy (non-hydrogen) atoms. The van der Waals surface area contributed by atoms with Gasteiger partial charge in [-0.15, -0.1) is 0 Å². The van der Waals surface area contributed by atoms with Crippen LogP contribution in [0.3, 0.4) is 0 Å². The summed E-state index contributed by atoms with van der Waals surface area (Å²) in [6.07, 6.45) is 6.96. The van der Waals surface area contributed by atoms with E-state index in [1.807, 2.05) is 30.4 Å². The van der Waals surface area contributed by atoms with E-state index in [-0.39, 0.29) is 17.9 Å². The minimum atomic E-state index is -0.000906. The van der Waals surface area contributed by atoms with Crippen molar-refractivity contribution in [3.05, 3.63) is 53.3 Å². The fourth-order valence-electron chi connectivity index (χ4n) is 3.48. The summed E-state index contributed by atoms with van der Waals surface area (Å²) >= 11 is 0. The second-order valence-electron chi connectivity index (χ2n) is 6.73. The minimum Gasteiger partial charge on any atom is -0.335 e. The number of carbonyl (C=O) groups excluding carboxylic acids is 1. The zero-order chi connectivity index (χ0) is 16.4. The molecule has 0 radical (unpaired) electrons. The Balaban J connectivity index is 1.84. The molecular formula is C19H25N3O. The fourth-order valence-corrected chi connectivity index (χ4v) is 3.48. The highest BCUT2D eigenvalue weighted by Crippen LogP contribution is 2.33. The topological polar surface area (TPSA) is 38.1 Å². The number of nitrogens with zero attached hydrogens (tertiary/aromatic N) is 3. The van der Waals surface area contributed by atoms with Crippen molar-refractivity contribution in [1.82, 2.24) is 14.7 Å². The van der Waals surface area contributed by atoms with Gasteiger partial charge in [0.25, 0.3) is 0 Å². The van der Waals surface area contributed by atoms with Crippen molar-refractivity contribution in [2.24, 2.45) is 7.05 Å². The SMILES string of the molecule is CC(C)N(Cc1cnn(C)c1)C(=O)[C@@H]1CCCc2ccccc21. The molecule has 1 heterocycles. The Hall–Kier alpha value is -2.10. The van der Waals surface area contributed by atoms with Crippen LogP contribution in [0.15, 0.2) is 36.7 Å². The monoisotopic (exact) mass is 311 g/mol. The summed E-state index contributed by atoms with van der Waals surface area (Å²) in [5.74, 6) is 0.245. The number of rotatable bonds is 4. The lowest BCUT2D eigenvalue weighted by molar-refractivity contribution is -0.135. The Morgan fingerprint density at radius 1 is 1.39 bits per heavy atom. The Labute approximate surface area is 138 Å². The van der Waals surface area contributed by atoms with Gasteiger partial charge in [-0.1, -0.05) is 24.3 Å². The Kier molecular flexibility index (Phi) is 4.51. The van der Waals surface area contributed by atoms with Gasteiger partial charge in [0.1, 0.15) is 0 Å². The molecule has 0 aliphatic heterocycles. The second kappa shape index (κ2) is 6.57. The van der Waals surface area contributed by atoms with E-state index in [2.05, 4.69) is 37.1 Å². The van der Waals surface area contributed by atoms with Crippen LogP contribution < -0.4 is 0 Å². The zero-order valence-corrected chi connectivity index (χ0v) is 14.2. The van der Waals surface area contributed by atoms with Crippen LogP contribution in [-0.4, -0.2) is 26.6 Å². The van der Waals surface area contributed by atoms with Crippen LogP contribution in [0, 0.1) is 0 Å². The Morgan fingerprint density at radius 2 is 2.17 bits per heavy atom. The highest BCUT2D eigenvalue weighted by atomic mass is 16.2. The predicted octanol–water partition coefficient (Wildman–Crippen LogP) is 3.28. The summed E-state index contributed by atoms with van der Waals surface area (Å²) < 4.78 is 1.79. The summed E-state index contributed by atoms with van der Waals surface area (Å²) in [5, 5.41) is 4.22. The third-order valence-electron chi connectivity index (χ3n) is 4.69. The van der Waals surface area contributed by atoms with Crippen molar-refractivity contribution in [3.63, 3.8) is 0 Å². The predicted molar refractivity (Wildman–Crippen MR) is 91.0 cm³/mol. The molecule has 0 unspecified atom stereocenters. The number of aromatic nitrogens is 2. The molecule has 0 N–H and O–H groups in total. The van der Waals surface area contributed by atoms with Crippen molar-refractivity contribution in [1.29, 1.82) is 0 Å². The first-order chi connectivity index (χ1) is 11.1. The lowest BCUT2D eigenvalue weighted by Crippen LogP contribution is -2.40. The first kappa shape index (κ1) is 15.8. The maximum atomic E-state index is 13.2. The van der Waals surface area contributed by atoms with Gasteiger partial charge in [0.05, 0.1) is 12.1 Å². The average Bonchev–Trinajstić information content (AvgIpc) is 2.96. The van der Waals surface area contributed by atoms with Crippen LogP contribution in [0.25, 0.3) is 0 Å². The zero-order valence-electron chi connectivity index (χ0n) is 14.2. The van der Waals surface area contributed by atoms with Crippen LogP contribution in [0.1, 0.15) is 49.3 Å². The van der Waals surface area contributed by atoms with Crippen LogP contribution in [0.5, 0.6) is 0 Å². The number of hydrogen-bond donors (Lipinski definition) is 0. The van der Waals surface area contributed by atoms with E-state index in [9.17, 15) is 4.79 Å². The number of hydrogen-bond acceptors (Lipinski definition) is 2. The summed E-state index contributed by atoms with van der Waals surface area (Å²) in [6, 6.07) is 8.58. The van der Waals surface area contributed by atoms with E-state index in [0.717, 1.165) is 24.8 Å². The molecule has 0 bridgehead atoms. The molecular weight excluding hydrogens is 286 g/mol. The molecule has 0 saturated heterocycles. The van der Waals surface area contributed by atoms with Gasteiger partial charge >= 0.3 is 0 Å². The highest BCUT2D eigenvalue weighted by Gasteiger charge is 2.31. The number of amides is 1. The summed E-state index contributed by atoms with van der Waals surface area (Å²) in [6.45, 7) is 4.80. The molecule has 0 saturated carbocycles. The molecule has 0 spiro atoms. The number of carbonyl (C=O) groups is 1. The van der Waals surface area contributed by atoms with Gasteiger partial charge in [0, 0.05) is 31.4 Å². The van der Waals surface area contributed by atoms with Crippen molar-refractivity contribution < 1.29 is 4.79 Å². The molecule has 1 aliphatic rings. The summed E-state index contributed by atoms with van der Waals surface area (Å²) in [5.41, 5.74) is 3.64. The molecule has 1 amide bonds. The molecule has 1 aliphatic carbocycles. The standard InChI is InChI=1S/C19H25N3O/c1-14(2)22(13-15-11-20-21(3)12-15)19(23)18-10-6-8-16-7-4-5-9-17(16)18/h4-5,7,9,11-12,14,18H,6,8,10,13H2,1-3H3/t18-/m1/s1. The van der Waals surface area contributed by atoms with Crippen molar-refractivity contribution in [2.75, 3.05) is 0 Å². The quantitative estimate of drug-likeness (QED) is 0.869. The smallest absolute Gasteiger partial charge is 0.230 e. The molecule has 1 aromatic heterocycles. The number of benzene rings is 1. The first-order valence-electron chi connectivity index (χ1n) is 8.42. The third-order valence-corrected chi connectivity index (χ3v) is 4.69. The van der Waals surface area contributed by atoms with Gasteiger partial charge in [-0.05, 0) is 44.2 Å². The van der Waals surface area contributed by atoms with Crippen LogP contribution in [-0.2, 0) is 24.8 Å². The summed E-state index contributed by atoms with van der Waals surface area (Å²) in [7, 11) is 1.91. The second-order valence-corrected chi connectivity index (χ2v) is 6.73. The molecule has 2 aromatic rings. The fraction of sp³-hybridized carbons (Fsp3) is 0.474. The minimum absolute atomic E-state index is 0.000906. The van der Waals surface area contributed by atoms with Crippen molar-refractivity contribution >= 4 is 5.91 Å². The molecule has 4 nitrogen and oxygen atoms in total. The van der Waals surface area contributed by atoms with E-state index >= 15 is 0 Å². The normalized spacial score (nSPS) is 17.1. The van der Waals surface area contributed by atoms with E-state index in [0.29, 0.717) is 6.54 Å². The van der Waals surface area contributed by atoms with Crippen molar-refractivity contribution in [3.8, 4) is 0 Å². The maximum Gasteiger partial charge on any atom is 0.230 e. The first-order valence-corrected chi connectivity index (χ1v) is 8.42. The van der Waals surface area contributed by atoms with E-state index < -0.39 is 0 Å². The van der Waals surface area contributed by atoms with E-state index in [4.69, 9.17) is 0 Å². The van der Waals surface area contributed by atoms with Crippen LogP contribution in [0.4, 0.5) is 0 Å². The molecule has 122 valence electrons. The van der Waals surface area contributed by atoms with E-state index in [1.54, 1.807) is 4.68 Å². The maximum absolute atomic E-state index is 13.2. The largest absolute Gasteiger partial charge is 0.335 e. The Bertz CT molecular complexity index is 689. The molecule has 3 rings (SSSR count). The van der Waals surface area contributed by atoms with Crippen molar-refractivity contribution in [2.45, 2.75) is 51.6 Å². The van der Waals surface area contributed by atoms with Gasteiger partial charge in [-0.25, -0.2) is 0 Å². The lowest BCUT2D eigenvalue weighted by Gasteiger charge is -2.33. The Morgan fingerprint density at radius 3 is 2.87 bits per heavy atom. The lowest BCUT2D eigenvalue weighted by atomic mass is 9.82. The van der Waals surface area contributed by atoms with E-state index in [1.165, 1.54) is 11.1 Å². The highest BCUT2D eigenvalue weighted by molar-refractivity contribution is 5.84. The van der Waals surface area contributed by atoms with Gasteiger partial charge < -0.3 is 4.90 Å². The van der Waals surface area contributed by atoms with Gasteiger partial charge in [0.15, 0.2) is 0 Å². The van der Waals surface area contributed by atoms with Crippen LogP contribution in [0.2, 0.25) is 0 Å². The molecule has 0 fully saturated rings. The van der Waals surface area contributed by atoms with Gasteiger partial charge in [-0.2, -0.15) is 5.10 Å². The van der Waals surface area contributed by atoms with Gasteiger partial charge in [0.2, 0.25) is 5.91 Å². The van der Waals surface area contributed by atoms with Gasteiger partial charge in [-0.3, -0.25) is 9.48 Å². The average molecular weight is 311 g/mol.